The summed E-state index contributed by atoms with van der Waals surface area (Å²) >= 11 is 0. The quantitative estimate of drug-likeness (QED) is 0.570. The molecule has 0 radical (unpaired) electrons. The van der Waals surface area contributed by atoms with Crippen LogP contribution in [0.2, 0.25) is 0 Å². The standard InChI is InChI=1S/C6H9N3O2/c10-6-9-8-5(11-6)4-1-2-7-3-4/h4,7H,1-3H2,(H,9,10). The zero-order chi connectivity index (χ0) is 7.68. The molecule has 1 aliphatic heterocycles. The summed E-state index contributed by atoms with van der Waals surface area (Å²) in [5, 5.41) is 9.16. The van der Waals surface area contributed by atoms with Crippen LogP contribution in [-0.4, -0.2) is 23.3 Å². The number of H-pyrrole nitrogens is 1. The Hall–Kier alpha value is -1.10. The average molecular weight is 155 g/mol. The van der Waals surface area contributed by atoms with Gasteiger partial charge in [-0.05, 0) is 13.0 Å². The Morgan fingerprint density at radius 1 is 1.64 bits per heavy atom. The molecule has 0 aromatic carbocycles. The molecule has 1 atom stereocenters. The van der Waals surface area contributed by atoms with E-state index in [1.54, 1.807) is 0 Å². The van der Waals surface area contributed by atoms with Crippen molar-refractivity contribution in [2.24, 2.45) is 0 Å². The van der Waals surface area contributed by atoms with Gasteiger partial charge in [-0.2, -0.15) is 0 Å². The summed E-state index contributed by atoms with van der Waals surface area (Å²) in [6, 6.07) is 0. The first kappa shape index (κ1) is 6.60. The van der Waals surface area contributed by atoms with Crippen molar-refractivity contribution in [3.63, 3.8) is 0 Å². The van der Waals surface area contributed by atoms with E-state index in [1.807, 2.05) is 0 Å². The Bertz CT molecular complexity index is 284. The third-order valence-electron chi connectivity index (χ3n) is 1.86. The third-order valence-corrected chi connectivity index (χ3v) is 1.86. The van der Waals surface area contributed by atoms with Gasteiger partial charge >= 0.3 is 5.76 Å². The number of hydrogen-bond donors (Lipinski definition) is 2. The zero-order valence-corrected chi connectivity index (χ0v) is 5.96. The van der Waals surface area contributed by atoms with Gasteiger partial charge in [0.05, 0.1) is 5.92 Å². The van der Waals surface area contributed by atoms with Gasteiger partial charge in [-0.1, -0.05) is 0 Å². The monoisotopic (exact) mass is 155 g/mol. The van der Waals surface area contributed by atoms with Crippen molar-refractivity contribution in [2.45, 2.75) is 12.3 Å². The molecule has 1 aromatic rings. The van der Waals surface area contributed by atoms with Gasteiger partial charge < -0.3 is 9.73 Å². The smallest absolute Gasteiger partial charge is 0.392 e. The van der Waals surface area contributed by atoms with E-state index in [4.69, 9.17) is 4.42 Å². The highest BCUT2D eigenvalue weighted by molar-refractivity contribution is 4.93. The van der Waals surface area contributed by atoms with Crippen molar-refractivity contribution >= 4 is 0 Å². The molecule has 0 aliphatic carbocycles. The Labute approximate surface area is 62.8 Å². The van der Waals surface area contributed by atoms with E-state index in [2.05, 4.69) is 15.5 Å². The van der Waals surface area contributed by atoms with Gasteiger partial charge in [0.1, 0.15) is 0 Å². The first-order valence-corrected chi connectivity index (χ1v) is 3.62. The fourth-order valence-electron chi connectivity index (χ4n) is 1.28. The summed E-state index contributed by atoms with van der Waals surface area (Å²) in [6.07, 6.45) is 0.994. The molecule has 2 heterocycles. The van der Waals surface area contributed by atoms with Crippen LogP contribution in [0.15, 0.2) is 9.21 Å². The van der Waals surface area contributed by atoms with Crippen molar-refractivity contribution in [1.29, 1.82) is 0 Å². The largest absolute Gasteiger partial charge is 0.434 e. The first-order valence-electron chi connectivity index (χ1n) is 3.62. The van der Waals surface area contributed by atoms with Crippen molar-refractivity contribution in [3.8, 4) is 0 Å². The van der Waals surface area contributed by atoms with Gasteiger partial charge in [0.2, 0.25) is 5.89 Å². The predicted octanol–water partition coefficient (Wildman–Crippen LogP) is -0.560. The van der Waals surface area contributed by atoms with Crippen molar-refractivity contribution in [1.82, 2.24) is 15.5 Å². The average Bonchev–Trinajstić information content (AvgIpc) is 2.55. The Kier molecular flexibility index (Phi) is 1.50. The van der Waals surface area contributed by atoms with Gasteiger partial charge in [0.25, 0.3) is 0 Å². The molecule has 11 heavy (non-hydrogen) atoms. The van der Waals surface area contributed by atoms with Crippen LogP contribution in [0, 0.1) is 0 Å². The maximum absolute atomic E-state index is 10.5. The van der Waals surface area contributed by atoms with E-state index in [0.29, 0.717) is 5.89 Å². The number of hydrogen-bond acceptors (Lipinski definition) is 4. The van der Waals surface area contributed by atoms with E-state index in [-0.39, 0.29) is 5.92 Å². The minimum Gasteiger partial charge on any atom is -0.392 e. The lowest BCUT2D eigenvalue weighted by atomic mass is 10.1. The fraction of sp³-hybridized carbons (Fsp3) is 0.667. The number of nitrogens with one attached hydrogen (secondary N) is 2. The van der Waals surface area contributed by atoms with Crippen molar-refractivity contribution in [2.75, 3.05) is 13.1 Å². The summed E-state index contributed by atoms with van der Waals surface area (Å²) in [4.78, 5) is 10.5. The molecule has 1 aliphatic rings. The van der Waals surface area contributed by atoms with E-state index < -0.39 is 5.76 Å². The van der Waals surface area contributed by atoms with E-state index >= 15 is 0 Å². The number of aromatic amines is 1. The van der Waals surface area contributed by atoms with E-state index in [1.165, 1.54) is 0 Å². The molecule has 1 saturated heterocycles. The van der Waals surface area contributed by atoms with Gasteiger partial charge in [0, 0.05) is 6.54 Å². The molecule has 5 heteroatoms. The molecule has 60 valence electrons. The fourth-order valence-corrected chi connectivity index (χ4v) is 1.28. The Morgan fingerprint density at radius 3 is 3.09 bits per heavy atom. The van der Waals surface area contributed by atoms with Crippen LogP contribution in [0.5, 0.6) is 0 Å². The van der Waals surface area contributed by atoms with Gasteiger partial charge in [-0.25, -0.2) is 9.89 Å². The molecule has 1 unspecified atom stereocenters. The van der Waals surface area contributed by atoms with Crippen molar-refractivity contribution in [3.05, 3.63) is 16.4 Å². The van der Waals surface area contributed by atoms with E-state index in [0.717, 1.165) is 19.5 Å². The van der Waals surface area contributed by atoms with Crippen LogP contribution in [0.25, 0.3) is 0 Å². The summed E-state index contributed by atoms with van der Waals surface area (Å²) in [5.41, 5.74) is 0. The number of rotatable bonds is 1. The van der Waals surface area contributed by atoms with Gasteiger partial charge in [-0.15, -0.1) is 5.10 Å². The molecule has 0 bridgehead atoms. The van der Waals surface area contributed by atoms with E-state index in [9.17, 15) is 4.79 Å². The topological polar surface area (TPSA) is 70.9 Å². The van der Waals surface area contributed by atoms with Gasteiger partial charge in [0.15, 0.2) is 0 Å². The molecule has 0 amide bonds. The molecule has 2 rings (SSSR count). The second kappa shape index (κ2) is 2.50. The Morgan fingerprint density at radius 2 is 2.55 bits per heavy atom. The summed E-state index contributed by atoms with van der Waals surface area (Å²) < 4.78 is 4.81. The van der Waals surface area contributed by atoms with Crippen LogP contribution < -0.4 is 11.1 Å². The molecular weight excluding hydrogens is 146 g/mol. The maximum atomic E-state index is 10.5. The lowest BCUT2D eigenvalue weighted by molar-refractivity contribution is 0.432. The predicted molar refractivity (Wildman–Crippen MR) is 37.4 cm³/mol. The summed E-state index contributed by atoms with van der Waals surface area (Å²) in [6.45, 7) is 1.83. The lowest BCUT2D eigenvalue weighted by Gasteiger charge is -1.97. The number of aromatic nitrogens is 2. The lowest BCUT2D eigenvalue weighted by Crippen LogP contribution is -2.08. The molecule has 2 N–H and O–H groups in total. The minimum absolute atomic E-state index is 0.272. The van der Waals surface area contributed by atoms with Crippen molar-refractivity contribution < 1.29 is 4.42 Å². The highest BCUT2D eigenvalue weighted by Crippen LogP contribution is 2.17. The van der Waals surface area contributed by atoms with Crippen LogP contribution in [0.4, 0.5) is 0 Å². The minimum atomic E-state index is -0.466. The molecule has 1 aromatic heterocycles. The normalized spacial score (nSPS) is 24.2. The highest BCUT2D eigenvalue weighted by atomic mass is 16.4. The second-order valence-electron chi connectivity index (χ2n) is 2.64. The van der Waals surface area contributed by atoms with Crippen LogP contribution in [-0.2, 0) is 0 Å². The molecule has 0 spiro atoms. The maximum Gasteiger partial charge on any atom is 0.434 e. The van der Waals surface area contributed by atoms with Crippen LogP contribution in [0.3, 0.4) is 0 Å². The van der Waals surface area contributed by atoms with Crippen LogP contribution >= 0.6 is 0 Å². The third kappa shape index (κ3) is 1.19. The molecule has 1 fully saturated rings. The van der Waals surface area contributed by atoms with Crippen LogP contribution in [0.1, 0.15) is 18.2 Å². The zero-order valence-electron chi connectivity index (χ0n) is 5.96. The SMILES string of the molecule is O=c1[nH]nc(C2CCNC2)o1. The highest BCUT2D eigenvalue weighted by Gasteiger charge is 2.21. The number of nitrogens with zero attached hydrogens (tertiary/aromatic N) is 1. The molecular formula is C6H9N3O2. The second-order valence-corrected chi connectivity index (χ2v) is 2.64. The summed E-state index contributed by atoms with van der Waals surface area (Å²) in [7, 11) is 0. The summed E-state index contributed by atoms with van der Waals surface area (Å²) in [5.74, 6) is 0.334. The first-order chi connectivity index (χ1) is 5.36. The molecule has 0 saturated carbocycles. The van der Waals surface area contributed by atoms with Gasteiger partial charge in [-0.3, -0.25) is 0 Å². The molecule has 5 nitrogen and oxygen atoms in total. The Balaban J connectivity index is 2.21.